The van der Waals surface area contributed by atoms with Gasteiger partial charge in [-0.25, -0.2) is 4.68 Å². The summed E-state index contributed by atoms with van der Waals surface area (Å²) in [4.78, 5) is 0. The van der Waals surface area contributed by atoms with Crippen LogP contribution < -0.4 is 5.32 Å². The maximum absolute atomic E-state index is 4.12. The Hall–Kier alpha value is -1.27. The van der Waals surface area contributed by atoms with Gasteiger partial charge in [-0.05, 0) is 48.0 Å². The van der Waals surface area contributed by atoms with Gasteiger partial charge in [0, 0.05) is 4.47 Å². The molecular formula is C13H18BrN5. The average molecular weight is 324 g/mol. The lowest BCUT2D eigenvalue weighted by molar-refractivity contribution is 0.503. The Morgan fingerprint density at radius 3 is 3.00 bits per heavy atom. The minimum atomic E-state index is 0.155. The largest absolute Gasteiger partial charge is 0.307 e. The minimum absolute atomic E-state index is 0.155. The molecule has 0 amide bonds. The van der Waals surface area contributed by atoms with E-state index >= 15 is 0 Å². The van der Waals surface area contributed by atoms with Gasteiger partial charge in [-0.2, -0.15) is 0 Å². The lowest BCUT2D eigenvalue weighted by Crippen LogP contribution is -2.23. The summed E-state index contributed by atoms with van der Waals surface area (Å²) in [5, 5.41) is 15.4. The summed E-state index contributed by atoms with van der Waals surface area (Å²) in [5.41, 5.74) is 1.17. The number of rotatable bonds is 6. The second kappa shape index (κ2) is 6.77. The molecule has 1 unspecified atom stereocenters. The van der Waals surface area contributed by atoms with Crippen molar-refractivity contribution in [1.29, 1.82) is 0 Å². The summed E-state index contributed by atoms with van der Waals surface area (Å²) in [6.45, 7) is 5.87. The molecule has 5 nitrogen and oxygen atoms in total. The topological polar surface area (TPSA) is 55.6 Å². The first-order chi connectivity index (χ1) is 9.20. The van der Waals surface area contributed by atoms with Crippen LogP contribution in [0.5, 0.6) is 0 Å². The lowest BCUT2D eigenvalue weighted by Gasteiger charge is -2.13. The molecule has 2 aromatic rings. The first-order valence-electron chi connectivity index (χ1n) is 6.44. The van der Waals surface area contributed by atoms with Crippen LogP contribution in [0.2, 0.25) is 0 Å². The second-order valence-corrected chi connectivity index (χ2v) is 5.42. The number of aromatic nitrogens is 4. The van der Waals surface area contributed by atoms with Gasteiger partial charge in [0.25, 0.3) is 0 Å². The van der Waals surface area contributed by atoms with E-state index in [1.165, 1.54) is 5.56 Å². The zero-order valence-corrected chi connectivity index (χ0v) is 12.8. The standard InChI is InChI=1S/C13H18BrN5/c1-3-7-15-10(2)13-16-17-18-19(13)9-11-5-4-6-12(14)8-11/h4-6,8,10,15H,3,7,9H2,1-2H3. The SMILES string of the molecule is CCCNC(C)c1nnnn1Cc1cccc(Br)c1. The summed E-state index contributed by atoms with van der Waals surface area (Å²) in [6, 6.07) is 8.33. The zero-order valence-electron chi connectivity index (χ0n) is 11.2. The molecule has 1 atom stereocenters. The fraction of sp³-hybridized carbons (Fsp3) is 0.462. The summed E-state index contributed by atoms with van der Waals surface area (Å²) in [7, 11) is 0. The fourth-order valence-electron chi connectivity index (χ4n) is 1.89. The minimum Gasteiger partial charge on any atom is -0.307 e. The molecule has 102 valence electrons. The van der Waals surface area contributed by atoms with Gasteiger partial charge in [-0.1, -0.05) is 35.0 Å². The molecule has 19 heavy (non-hydrogen) atoms. The van der Waals surface area contributed by atoms with Gasteiger partial charge < -0.3 is 5.32 Å². The maximum atomic E-state index is 4.12. The van der Waals surface area contributed by atoms with Crippen molar-refractivity contribution < 1.29 is 0 Å². The Balaban J connectivity index is 2.11. The van der Waals surface area contributed by atoms with Crippen LogP contribution in [0.15, 0.2) is 28.7 Å². The molecule has 0 aliphatic heterocycles. The molecule has 0 saturated carbocycles. The first-order valence-corrected chi connectivity index (χ1v) is 7.24. The molecule has 1 aromatic heterocycles. The normalized spacial score (nSPS) is 12.6. The molecule has 0 spiro atoms. The molecule has 0 aliphatic carbocycles. The monoisotopic (exact) mass is 323 g/mol. The van der Waals surface area contributed by atoms with Crippen LogP contribution in [0.4, 0.5) is 0 Å². The Morgan fingerprint density at radius 1 is 1.42 bits per heavy atom. The summed E-state index contributed by atoms with van der Waals surface area (Å²) < 4.78 is 2.91. The van der Waals surface area contributed by atoms with Crippen molar-refractivity contribution in [3.05, 3.63) is 40.1 Å². The van der Waals surface area contributed by atoms with Crippen molar-refractivity contribution in [3.63, 3.8) is 0 Å². The summed E-state index contributed by atoms with van der Waals surface area (Å²) in [5.74, 6) is 0.869. The number of hydrogen-bond donors (Lipinski definition) is 1. The number of halogens is 1. The molecule has 6 heteroatoms. The van der Waals surface area contributed by atoms with Crippen LogP contribution in [0.3, 0.4) is 0 Å². The molecule has 2 rings (SSSR count). The predicted molar refractivity (Wildman–Crippen MR) is 77.8 cm³/mol. The second-order valence-electron chi connectivity index (χ2n) is 4.50. The zero-order chi connectivity index (χ0) is 13.7. The predicted octanol–water partition coefficient (Wildman–Crippen LogP) is 2.54. The number of nitrogens with one attached hydrogen (secondary N) is 1. The van der Waals surface area contributed by atoms with Crippen molar-refractivity contribution in [2.45, 2.75) is 32.9 Å². The van der Waals surface area contributed by atoms with Crippen molar-refractivity contribution in [2.24, 2.45) is 0 Å². The molecule has 0 bridgehead atoms. The van der Waals surface area contributed by atoms with E-state index in [2.05, 4.69) is 62.8 Å². The van der Waals surface area contributed by atoms with Gasteiger partial charge in [0.1, 0.15) is 0 Å². The Morgan fingerprint density at radius 2 is 2.26 bits per heavy atom. The molecule has 1 heterocycles. The first kappa shape index (κ1) is 14.1. The molecule has 0 aliphatic rings. The molecule has 0 fully saturated rings. The molecular weight excluding hydrogens is 306 g/mol. The van der Waals surface area contributed by atoms with Crippen molar-refractivity contribution in [3.8, 4) is 0 Å². The van der Waals surface area contributed by atoms with E-state index < -0.39 is 0 Å². The number of tetrazole rings is 1. The van der Waals surface area contributed by atoms with Crippen LogP contribution in [-0.2, 0) is 6.54 Å². The summed E-state index contributed by atoms with van der Waals surface area (Å²) >= 11 is 3.47. The Bertz CT molecular complexity index is 525. The van der Waals surface area contributed by atoms with Gasteiger partial charge in [-0.3, -0.25) is 0 Å². The highest BCUT2D eigenvalue weighted by Gasteiger charge is 2.13. The molecule has 0 radical (unpaired) electrons. The van der Waals surface area contributed by atoms with Crippen LogP contribution in [-0.4, -0.2) is 26.8 Å². The Labute approximate surface area is 121 Å². The van der Waals surface area contributed by atoms with E-state index in [9.17, 15) is 0 Å². The quantitative estimate of drug-likeness (QED) is 0.887. The van der Waals surface area contributed by atoms with Crippen LogP contribution in [0.1, 0.15) is 37.7 Å². The third-order valence-corrected chi connectivity index (χ3v) is 3.36. The maximum Gasteiger partial charge on any atom is 0.168 e. The van der Waals surface area contributed by atoms with Crippen LogP contribution in [0.25, 0.3) is 0 Å². The number of benzene rings is 1. The van der Waals surface area contributed by atoms with Gasteiger partial charge in [-0.15, -0.1) is 5.10 Å². The smallest absolute Gasteiger partial charge is 0.168 e. The van der Waals surface area contributed by atoms with E-state index in [0.29, 0.717) is 6.54 Å². The van der Waals surface area contributed by atoms with Crippen molar-refractivity contribution in [1.82, 2.24) is 25.5 Å². The van der Waals surface area contributed by atoms with Gasteiger partial charge in [0.2, 0.25) is 0 Å². The van der Waals surface area contributed by atoms with Crippen LogP contribution in [0, 0.1) is 0 Å². The third-order valence-electron chi connectivity index (χ3n) is 2.87. The number of hydrogen-bond acceptors (Lipinski definition) is 4. The van der Waals surface area contributed by atoms with Crippen LogP contribution >= 0.6 is 15.9 Å². The number of nitrogens with zero attached hydrogens (tertiary/aromatic N) is 4. The van der Waals surface area contributed by atoms with E-state index in [4.69, 9.17) is 0 Å². The molecule has 1 aromatic carbocycles. The van der Waals surface area contributed by atoms with Gasteiger partial charge >= 0.3 is 0 Å². The van der Waals surface area contributed by atoms with Gasteiger partial charge in [0.15, 0.2) is 5.82 Å². The van der Waals surface area contributed by atoms with Gasteiger partial charge in [0.05, 0.1) is 12.6 Å². The van der Waals surface area contributed by atoms with Crippen molar-refractivity contribution >= 4 is 15.9 Å². The Kier molecular flexibility index (Phi) is 5.04. The van der Waals surface area contributed by atoms with E-state index in [0.717, 1.165) is 23.3 Å². The highest BCUT2D eigenvalue weighted by Crippen LogP contribution is 2.14. The van der Waals surface area contributed by atoms with Crippen molar-refractivity contribution in [2.75, 3.05) is 6.54 Å². The highest BCUT2D eigenvalue weighted by molar-refractivity contribution is 9.10. The molecule has 0 saturated heterocycles. The van der Waals surface area contributed by atoms with E-state index in [1.54, 1.807) is 0 Å². The fourth-order valence-corrected chi connectivity index (χ4v) is 2.34. The summed E-state index contributed by atoms with van der Waals surface area (Å²) in [6.07, 6.45) is 1.09. The van der Waals surface area contributed by atoms with E-state index in [-0.39, 0.29) is 6.04 Å². The highest BCUT2D eigenvalue weighted by atomic mass is 79.9. The molecule has 1 N–H and O–H groups in total. The lowest BCUT2D eigenvalue weighted by atomic mass is 10.2. The third kappa shape index (κ3) is 3.84. The van der Waals surface area contributed by atoms with E-state index in [1.807, 2.05) is 16.8 Å². The average Bonchev–Trinajstić information content (AvgIpc) is 2.84.